The van der Waals surface area contributed by atoms with Crippen molar-refractivity contribution in [3.05, 3.63) is 35.5 Å². The molecule has 84 valence electrons. The molecule has 0 spiro atoms. The average molecular weight is 257 g/mol. The zero-order valence-corrected chi connectivity index (χ0v) is 10.0. The molecule has 1 N–H and O–H groups in total. The molecule has 2 rings (SSSR count). The number of pyridine rings is 1. The normalized spacial score (nSPS) is 11.9. The van der Waals surface area contributed by atoms with E-state index in [1.807, 2.05) is 0 Å². The Kier molecular flexibility index (Phi) is 2.84. The van der Waals surface area contributed by atoms with Crippen LogP contribution in [0.4, 0.5) is 0 Å². The third kappa shape index (κ3) is 1.77. The summed E-state index contributed by atoms with van der Waals surface area (Å²) < 4.78 is 25.7. The minimum Gasteiger partial charge on any atom is -0.255 e. The number of rotatable bonds is 2. The Morgan fingerprint density at radius 1 is 1.31 bits per heavy atom. The summed E-state index contributed by atoms with van der Waals surface area (Å²) in [5.41, 5.74) is 0.379. The molecule has 6 heteroatoms. The van der Waals surface area contributed by atoms with E-state index in [2.05, 4.69) is 9.71 Å². The molecular formula is C10H9ClN2O2S. The van der Waals surface area contributed by atoms with Gasteiger partial charge in [0.1, 0.15) is 4.90 Å². The summed E-state index contributed by atoms with van der Waals surface area (Å²) in [6, 6.07) is 6.45. The van der Waals surface area contributed by atoms with E-state index < -0.39 is 10.0 Å². The SMILES string of the molecule is CNS(=O)(=O)c1ccc(Cl)c2cccnc12. The van der Waals surface area contributed by atoms with E-state index in [0.717, 1.165) is 0 Å². The summed E-state index contributed by atoms with van der Waals surface area (Å²) in [4.78, 5) is 4.19. The highest BCUT2D eigenvalue weighted by Gasteiger charge is 2.17. The van der Waals surface area contributed by atoms with Crippen molar-refractivity contribution in [3.8, 4) is 0 Å². The molecule has 2 aromatic rings. The van der Waals surface area contributed by atoms with E-state index in [1.165, 1.54) is 19.3 Å². The van der Waals surface area contributed by atoms with Gasteiger partial charge in [0.25, 0.3) is 0 Å². The van der Waals surface area contributed by atoms with Crippen LogP contribution >= 0.6 is 11.6 Å². The van der Waals surface area contributed by atoms with Gasteiger partial charge in [0.15, 0.2) is 0 Å². The fourth-order valence-electron chi connectivity index (χ4n) is 1.44. The van der Waals surface area contributed by atoms with E-state index in [-0.39, 0.29) is 4.90 Å². The van der Waals surface area contributed by atoms with Crippen LogP contribution in [0.5, 0.6) is 0 Å². The lowest BCUT2D eigenvalue weighted by Crippen LogP contribution is -2.19. The summed E-state index contributed by atoms with van der Waals surface area (Å²) in [5.74, 6) is 0. The molecule has 1 aromatic heterocycles. The molecule has 0 aliphatic carbocycles. The zero-order valence-electron chi connectivity index (χ0n) is 8.44. The third-order valence-corrected chi connectivity index (χ3v) is 4.01. The highest BCUT2D eigenvalue weighted by Crippen LogP contribution is 2.27. The second-order valence-electron chi connectivity index (χ2n) is 3.15. The number of fused-ring (bicyclic) bond motifs is 1. The highest BCUT2D eigenvalue weighted by atomic mass is 35.5. The van der Waals surface area contributed by atoms with Crippen LogP contribution in [0.3, 0.4) is 0 Å². The first-order valence-electron chi connectivity index (χ1n) is 4.53. The van der Waals surface area contributed by atoms with Gasteiger partial charge in [-0.3, -0.25) is 4.98 Å². The summed E-state index contributed by atoms with van der Waals surface area (Å²) >= 11 is 5.97. The fourth-order valence-corrected chi connectivity index (χ4v) is 2.54. The predicted molar refractivity (Wildman–Crippen MR) is 63.0 cm³/mol. The van der Waals surface area contributed by atoms with Gasteiger partial charge in [-0.25, -0.2) is 13.1 Å². The van der Waals surface area contributed by atoms with Crippen molar-refractivity contribution >= 4 is 32.5 Å². The Bertz CT molecular complexity index is 640. The first-order valence-corrected chi connectivity index (χ1v) is 6.39. The molecule has 0 atom stereocenters. The van der Waals surface area contributed by atoms with Gasteiger partial charge in [-0.05, 0) is 31.3 Å². The molecule has 0 radical (unpaired) electrons. The van der Waals surface area contributed by atoms with Crippen molar-refractivity contribution < 1.29 is 8.42 Å². The molecule has 0 aliphatic rings. The maximum Gasteiger partial charge on any atom is 0.242 e. The van der Waals surface area contributed by atoms with Gasteiger partial charge in [-0.1, -0.05) is 11.6 Å². The first kappa shape index (κ1) is 11.3. The molecule has 0 saturated heterocycles. The molecule has 1 aromatic carbocycles. The Morgan fingerprint density at radius 3 is 2.75 bits per heavy atom. The molecule has 0 saturated carbocycles. The van der Waals surface area contributed by atoms with Crippen molar-refractivity contribution in [2.45, 2.75) is 4.90 Å². The van der Waals surface area contributed by atoms with Crippen molar-refractivity contribution in [3.63, 3.8) is 0 Å². The van der Waals surface area contributed by atoms with Crippen LogP contribution in [0, 0.1) is 0 Å². The number of aromatic nitrogens is 1. The van der Waals surface area contributed by atoms with Crippen LogP contribution in [-0.4, -0.2) is 20.4 Å². The van der Waals surface area contributed by atoms with Crippen LogP contribution < -0.4 is 4.72 Å². The maximum absolute atomic E-state index is 11.7. The van der Waals surface area contributed by atoms with E-state index in [0.29, 0.717) is 15.9 Å². The summed E-state index contributed by atoms with van der Waals surface area (Å²) in [6.45, 7) is 0. The minimum absolute atomic E-state index is 0.134. The zero-order chi connectivity index (χ0) is 11.8. The van der Waals surface area contributed by atoms with Gasteiger partial charge >= 0.3 is 0 Å². The highest BCUT2D eigenvalue weighted by molar-refractivity contribution is 7.89. The fraction of sp³-hybridized carbons (Fsp3) is 0.100. The number of halogens is 1. The van der Waals surface area contributed by atoms with Gasteiger partial charge in [0.05, 0.1) is 10.5 Å². The van der Waals surface area contributed by atoms with Crippen LogP contribution in [0.1, 0.15) is 0 Å². The number of sulfonamides is 1. The van der Waals surface area contributed by atoms with Gasteiger partial charge in [-0.15, -0.1) is 0 Å². The van der Waals surface area contributed by atoms with Crippen LogP contribution in [0.25, 0.3) is 10.9 Å². The molecule has 0 aliphatic heterocycles. The summed E-state index contributed by atoms with van der Waals surface area (Å²) in [5, 5.41) is 1.11. The molecule has 16 heavy (non-hydrogen) atoms. The molecular weight excluding hydrogens is 248 g/mol. The monoisotopic (exact) mass is 256 g/mol. The quantitative estimate of drug-likeness (QED) is 0.891. The van der Waals surface area contributed by atoms with Crippen molar-refractivity contribution in [1.29, 1.82) is 0 Å². The second-order valence-corrected chi connectivity index (χ2v) is 5.41. The Hall–Kier alpha value is -1.17. The third-order valence-electron chi connectivity index (χ3n) is 2.24. The first-order chi connectivity index (χ1) is 7.56. The van der Waals surface area contributed by atoms with Gasteiger partial charge in [0.2, 0.25) is 10.0 Å². The van der Waals surface area contributed by atoms with E-state index in [1.54, 1.807) is 18.2 Å². The Balaban J connectivity index is 2.88. The van der Waals surface area contributed by atoms with Crippen molar-refractivity contribution in [2.75, 3.05) is 7.05 Å². The lowest BCUT2D eigenvalue weighted by Gasteiger charge is -2.06. The lowest BCUT2D eigenvalue weighted by atomic mass is 10.2. The van der Waals surface area contributed by atoms with E-state index >= 15 is 0 Å². The van der Waals surface area contributed by atoms with Gasteiger partial charge < -0.3 is 0 Å². The molecule has 1 heterocycles. The minimum atomic E-state index is -3.51. The number of hydrogen-bond acceptors (Lipinski definition) is 3. The topological polar surface area (TPSA) is 59.1 Å². The maximum atomic E-state index is 11.7. The number of hydrogen-bond donors (Lipinski definition) is 1. The lowest BCUT2D eigenvalue weighted by molar-refractivity contribution is 0.589. The largest absolute Gasteiger partial charge is 0.255 e. The van der Waals surface area contributed by atoms with Gasteiger partial charge in [0, 0.05) is 11.6 Å². The van der Waals surface area contributed by atoms with Crippen molar-refractivity contribution in [1.82, 2.24) is 9.71 Å². The number of benzene rings is 1. The van der Waals surface area contributed by atoms with Crippen LogP contribution in [-0.2, 0) is 10.0 Å². The Morgan fingerprint density at radius 2 is 2.06 bits per heavy atom. The molecule has 0 fully saturated rings. The number of nitrogens with zero attached hydrogens (tertiary/aromatic N) is 1. The second kappa shape index (κ2) is 4.01. The standard InChI is InChI=1S/C10H9ClN2O2S/c1-12-16(14,15)9-5-4-8(11)7-3-2-6-13-10(7)9/h2-6,12H,1H3. The van der Waals surface area contributed by atoms with Crippen molar-refractivity contribution in [2.24, 2.45) is 0 Å². The van der Waals surface area contributed by atoms with E-state index in [4.69, 9.17) is 11.6 Å². The predicted octanol–water partition coefficient (Wildman–Crippen LogP) is 1.80. The summed E-state index contributed by atoms with van der Waals surface area (Å²) in [6.07, 6.45) is 1.54. The van der Waals surface area contributed by atoms with E-state index in [9.17, 15) is 8.42 Å². The van der Waals surface area contributed by atoms with Crippen LogP contribution in [0.15, 0.2) is 35.4 Å². The average Bonchev–Trinajstić information content (AvgIpc) is 2.29. The number of nitrogens with one attached hydrogen (secondary N) is 1. The van der Waals surface area contributed by atoms with Gasteiger partial charge in [-0.2, -0.15) is 0 Å². The van der Waals surface area contributed by atoms with Crippen LogP contribution in [0.2, 0.25) is 5.02 Å². The molecule has 4 nitrogen and oxygen atoms in total. The Labute approximate surface area is 98.3 Å². The smallest absolute Gasteiger partial charge is 0.242 e. The molecule has 0 unspecified atom stereocenters. The molecule has 0 bridgehead atoms. The summed E-state index contributed by atoms with van der Waals surface area (Å²) in [7, 11) is -2.15. The molecule has 0 amide bonds.